The monoisotopic (exact) mass is 313 g/mol. The molecule has 2 aliphatic heterocycles. The molecule has 0 N–H and O–H groups in total. The SMILES string of the molecule is COC1=CCC2C3Cc4ccc(OC)c5c4[C@]2(CCN3C)[C@@H]1O5. The number of piperidine rings is 1. The Labute approximate surface area is 137 Å². The third-order valence-electron chi connectivity index (χ3n) is 6.66. The van der Waals surface area contributed by atoms with Crippen molar-refractivity contribution in [2.45, 2.75) is 36.8 Å². The lowest BCUT2D eigenvalue weighted by Crippen LogP contribution is -2.63. The number of benzene rings is 1. The summed E-state index contributed by atoms with van der Waals surface area (Å²) in [7, 11) is 5.77. The maximum absolute atomic E-state index is 6.50. The Bertz CT molecular complexity index is 713. The highest BCUT2D eigenvalue weighted by atomic mass is 16.6. The highest BCUT2D eigenvalue weighted by Gasteiger charge is 2.64. The molecule has 4 heteroatoms. The van der Waals surface area contributed by atoms with E-state index in [1.807, 2.05) is 0 Å². The molecule has 1 spiro atoms. The molecule has 122 valence electrons. The molecule has 1 saturated heterocycles. The fourth-order valence-corrected chi connectivity index (χ4v) is 5.66. The first-order chi connectivity index (χ1) is 11.2. The van der Waals surface area contributed by atoms with Crippen LogP contribution in [0.4, 0.5) is 0 Å². The molecular formula is C19H23NO3. The van der Waals surface area contributed by atoms with Gasteiger partial charge in [-0.25, -0.2) is 0 Å². The third kappa shape index (κ3) is 1.46. The molecule has 5 rings (SSSR count). The normalized spacial score (nSPS) is 36.8. The summed E-state index contributed by atoms with van der Waals surface area (Å²) in [6.07, 6.45) is 5.58. The first kappa shape index (κ1) is 13.7. The number of hydrogen-bond donors (Lipinski definition) is 0. The van der Waals surface area contributed by atoms with Crippen LogP contribution >= 0.6 is 0 Å². The second kappa shape index (κ2) is 4.44. The molecular weight excluding hydrogens is 290 g/mol. The van der Waals surface area contributed by atoms with Crippen molar-refractivity contribution >= 4 is 0 Å². The molecule has 2 aliphatic carbocycles. The summed E-state index contributed by atoms with van der Waals surface area (Å²) >= 11 is 0. The molecule has 4 aliphatic rings. The van der Waals surface area contributed by atoms with E-state index in [1.165, 1.54) is 11.1 Å². The molecule has 2 unspecified atom stereocenters. The Balaban J connectivity index is 1.80. The summed E-state index contributed by atoms with van der Waals surface area (Å²) in [4.78, 5) is 2.55. The van der Waals surface area contributed by atoms with Crippen molar-refractivity contribution in [1.82, 2.24) is 4.90 Å². The van der Waals surface area contributed by atoms with E-state index in [0.717, 1.165) is 43.1 Å². The number of likely N-dealkylation sites (tertiary alicyclic amines) is 1. The van der Waals surface area contributed by atoms with Crippen LogP contribution in [-0.2, 0) is 16.6 Å². The van der Waals surface area contributed by atoms with E-state index < -0.39 is 0 Å². The van der Waals surface area contributed by atoms with E-state index >= 15 is 0 Å². The number of methoxy groups -OCH3 is 2. The van der Waals surface area contributed by atoms with Crippen LogP contribution in [0.3, 0.4) is 0 Å². The molecule has 23 heavy (non-hydrogen) atoms. The molecule has 4 nitrogen and oxygen atoms in total. The van der Waals surface area contributed by atoms with E-state index in [-0.39, 0.29) is 11.5 Å². The largest absolute Gasteiger partial charge is 0.497 e. The van der Waals surface area contributed by atoms with Crippen LogP contribution in [0.15, 0.2) is 24.0 Å². The Morgan fingerprint density at radius 3 is 2.91 bits per heavy atom. The zero-order valence-electron chi connectivity index (χ0n) is 14.0. The lowest BCUT2D eigenvalue weighted by Gasteiger charge is -2.56. The van der Waals surface area contributed by atoms with Crippen LogP contribution in [0, 0.1) is 5.92 Å². The fourth-order valence-electron chi connectivity index (χ4n) is 5.66. The number of ether oxygens (including phenoxy) is 3. The van der Waals surface area contributed by atoms with Gasteiger partial charge in [-0.1, -0.05) is 6.07 Å². The first-order valence-corrected chi connectivity index (χ1v) is 8.52. The molecule has 1 aromatic carbocycles. The van der Waals surface area contributed by atoms with Gasteiger partial charge in [-0.3, -0.25) is 0 Å². The molecule has 1 aromatic rings. The molecule has 2 heterocycles. The van der Waals surface area contributed by atoms with Gasteiger partial charge in [-0.15, -0.1) is 0 Å². The summed E-state index contributed by atoms with van der Waals surface area (Å²) < 4.78 is 17.8. The summed E-state index contributed by atoms with van der Waals surface area (Å²) in [5, 5.41) is 0. The lowest BCUT2D eigenvalue weighted by atomic mass is 9.53. The standard InChI is InChI=1S/C19H23NO3/c1-20-9-8-19-12-5-7-15(22-3)18(19)23-17-14(21-2)6-4-11(16(17)19)10-13(12)20/h4,6-7,12-13,18H,5,8-10H2,1-3H3/t12?,13?,18-,19-/m1/s1. The van der Waals surface area contributed by atoms with Crippen LogP contribution < -0.4 is 9.47 Å². The number of likely N-dealkylation sites (N-methyl/N-ethyl adjacent to an activating group) is 1. The number of allylic oxidation sites excluding steroid dienone is 1. The predicted octanol–water partition coefficient (Wildman–Crippen LogP) is 2.50. The van der Waals surface area contributed by atoms with Gasteiger partial charge in [0.2, 0.25) is 0 Å². The van der Waals surface area contributed by atoms with Gasteiger partial charge in [0.15, 0.2) is 17.6 Å². The Hall–Kier alpha value is -1.68. The van der Waals surface area contributed by atoms with Gasteiger partial charge in [0.1, 0.15) is 5.76 Å². The van der Waals surface area contributed by atoms with Crippen LogP contribution in [0.2, 0.25) is 0 Å². The maximum Gasteiger partial charge on any atom is 0.166 e. The van der Waals surface area contributed by atoms with Gasteiger partial charge in [-0.05, 0) is 56.5 Å². The lowest BCUT2D eigenvalue weighted by molar-refractivity contribution is -0.0267. The quantitative estimate of drug-likeness (QED) is 0.839. The predicted molar refractivity (Wildman–Crippen MR) is 87.0 cm³/mol. The zero-order chi connectivity index (χ0) is 15.8. The Kier molecular flexibility index (Phi) is 2.65. The van der Waals surface area contributed by atoms with Crippen molar-refractivity contribution in [1.29, 1.82) is 0 Å². The topological polar surface area (TPSA) is 30.9 Å². The molecule has 1 fully saturated rings. The van der Waals surface area contributed by atoms with E-state index in [9.17, 15) is 0 Å². The Morgan fingerprint density at radius 2 is 2.13 bits per heavy atom. The second-order valence-corrected chi connectivity index (χ2v) is 7.32. The van der Waals surface area contributed by atoms with Crippen LogP contribution in [0.25, 0.3) is 0 Å². The maximum atomic E-state index is 6.50. The van der Waals surface area contributed by atoms with Gasteiger partial charge in [0.25, 0.3) is 0 Å². The summed E-state index contributed by atoms with van der Waals surface area (Å²) in [5.74, 6) is 3.42. The number of nitrogens with zero attached hydrogens (tertiary/aromatic N) is 1. The van der Waals surface area contributed by atoms with Crippen molar-refractivity contribution < 1.29 is 14.2 Å². The molecule has 0 aromatic heterocycles. The average molecular weight is 313 g/mol. The minimum absolute atomic E-state index is 0.00722. The smallest absolute Gasteiger partial charge is 0.166 e. The van der Waals surface area contributed by atoms with Gasteiger partial charge in [0.05, 0.1) is 14.2 Å². The minimum Gasteiger partial charge on any atom is -0.497 e. The summed E-state index contributed by atoms with van der Waals surface area (Å²) in [6.45, 7) is 1.12. The van der Waals surface area contributed by atoms with Crippen molar-refractivity contribution in [2.75, 3.05) is 27.8 Å². The highest BCUT2D eigenvalue weighted by Crippen LogP contribution is 2.63. The zero-order valence-corrected chi connectivity index (χ0v) is 14.0. The molecule has 0 saturated carbocycles. The summed E-state index contributed by atoms with van der Waals surface area (Å²) in [6, 6.07) is 4.91. The molecule has 0 radical (unpaired) electrons. The third-order valence-corrected chi connectivity index (χ3v) is 6.66. The Morgan fingerprint density at radius 1 is 1.26 bits per heavy atom. The fraction of sp³-hybridized carbons (Fsp3) is 0.579. The van der Waals surface area contributed by atoms with Gasteiger partial charge in [0, 0.05) is 17.0 Å². The molecule has 4 atom stereocenters. The number of rotatable bonds is 2. The van der Waals surface area contributed by atoms with Crippen molar-refractivity contribution in [3.8, 4) is 11.5 Å². The second-order valence-electron chi connectivity index (χ2n) is 7.32. The van der Waals surface area contributed by atoms with Gasteiger partial charge < -0.3 is 19.1 Å². The number of hydrogen-bond acceptors (Lipinski definition) is 4. The molecule has 0 amide bonds. The first-order valence-electron chi connectivity index (χ1n) is 8.52. The van der Waals surface area contributed by atoms with Crippen molar-refractivity contribution in [3.63, 3.8) is 0 Å². The van der Waals surface area contributed by atoms with E-state index in [0.29, 0.717) is 12.0 Å². The van der Waals surface area contributed by atoms with Crippen LogP contribution in [0.1, 0.15) is 24.0 Å². The summed E-state index contributed by atoms with van der Waals surface area (Å²) in [5.41, 5.74) is 2.92. The van der Waals surface area contributed by atoms with Gasteiger partial charge in [-0.2, -0.15) is 0 Å². The average Bonchev–Trinajstić information content (AvgIpc) is 2.92. The van der Waals surface area contributed by atoms with Gasteiger partial charge >= 0.3 is 0 Å². The van der Waals surface area contributed by atoms with E-state index in [4.69, 9.17) is 14.2 Å². The highest BCUT2D eigenvalue weighted by molar-refractivity contribution is 5.62. The van der Waals surface area contributed by atoms with Crippen LogP contribution in [-0.4, -0.2) is 44.9 Å². The van der Waals surface area contributed by atoms with E-state index in [1.54, 1.807) is 14.2 Å². The van der Waals surface area contributed by atoms with Crippen molar-refractivity contribution in [3.05, 3.63) is 35.1 Å². The molecule has 2 bridgehead atoms. The van der Waals surface area contributed by atoms with Crippen LogP contribution in [0.5, 0.6) is 11.5 Å². The minimum atomic E-state index is 0.00722. The van der Waals surface area contributed by atoms with Crippen molar-refractivity contribution in [2.24, 2.45) is 5.92 Å². The van der Waals surface area contributed by atoms with E-state index in [2.05, 4.69) is 30.2 Å².